The normalized spacial score (nSPS) is 10.6. The van der Waals surface area contributed by atoms with Crippen LogP contribution in [0.3, 0.4) is 0 Å². The van der Waals surface area contributed by atoms with E-state index in [1.54, 1.807) is 35.8 Å². The molecule has 0 aliphatic rings. The van der Waals surface area contributed by atoms with Crippen molar-refractivity contribution in [3.8, 4) is 5.75 Å². The monoisotopic (exact) mass is 442 g/mol. The van der Waals surface area contributed by atoms with Gasteiger partial charge >= 0.3 is 0 Å². The number of carbonyl (C=O) groups is 1. The number of hydrazine groups is 1. The molecule has 0 atom stereocenters. The average Bonchev–Trinajstić information content (AvgIpc) is 2.76. The largest absolute Gasteiger partial charge is 0.488 e. The molecule has 0 saturated heterocycles. The molecule has 0 aromatic heterocycles. The third kappa shape index (κ3) is 4.30. The van der Waals surface area contributed by atoms with Gasteiger partial charge in [0.15, 0.2) is 23.3 Å². The highest BCUT2D eigenvalue weighted by Gasteiger charge is 2.26. The second-order valence-electron chi connectivity index (χ2n) is 5.90. The first-order valence-electron chi connectivity index (χ1n) is 8.34. The number of halogens is 6. The van der Waals surface area contributed by atoms with E-state index in [1.807, 2.05) is 5.43 Å². The van der Waals surface area contributed by atoms with E-state index in [4.69, 9.17) is 16.3 Å². The molecule has 0 fully saturated rings. The van der Waals surface area contributed by atoms with Crippen LogP contribution in [-0.2, 0) is 6.61 Å². The van der Waals surface area contributed by atoms with Gasteiger partial charge in [0, 0.05) is 10.6 Å². The third-order valence-corrected chi connectivity index (χ3v) is 4.35. The summed E-state index contributed by atoms with van der Waals surface area (Å²) < 4.78 is 72.6. The first-order chi connectivity index (χ1) is 14.3. The van der Waals surface area contributed by atoms with E-state index in [0.717, 1.165) is 0 Å². The topological polar surface area (TPSA) is 50.4 Å². The first kappa shape index (κ1) is 21.4. The summed E-state index contributed by atoms with van der Waals surface area (Å²) in [7, 11) is 0. The standard InChI is InChI=1S/C20H12ClF5N2O2/c21-12-7-3-1-5-10(12)9-30-13-8-4-2-6-11(13)20(29)28-27-19-17(25)15(23)14(22)16(24)18(19)26/h1-8,27H,9H2,(H,28,29). The number of hydrogen-bond donors (Lipinski definition) is 2. The average molecular weight is 443 g/mol. The number of amides is 1. The minimum absolute atomic E-state index is 0.0229. The van der Waals surface area contributed by atoms with Crippen LogP contribution in [0.25, 0.3) is 0 Å². The maximum Gasteiger partial charge on any atom is 0.273 e. The Kier molecular flexibility index (Phi) is 6.41. The van der Waals surface area contributed by atoms with Crippen molar-refractivity contribution in [3.63, 3.8) is 0 Å². The zero-order valence-corrected chi connectivity index (χ0v) is 15.7. The molecule has 2 N–H and O–H groups in total. The fourth-order valence-corrected chi connectivity index (χ4v) is 2.64. The Morgan fingerprint density at radius 2 is 1.40 bits per heavy atom. The van der Waals surface area contributed by atoms with Crippen LogP contribution in [0.2, 0.25) is 5.02 Å². The van der Waals surface area contributed by atoms with E-state index >= 15 is 0 Å². The molecule has 3 aromatic carbocycles. The zero-order valence-electron chi connectivity index (χ0n) is 14.9. The molecule has 0 aliphatic heterocycles. The summed E-state index contributed by atoms with van der Waals surface area (Å²) in [6, 6.07) is 12.7. The molecule has 0 spiro atoms. The van der Waals surface area contributed by atoms with Crippen LogP contribution >= 0.6 is 11.6 Å². The van der Waals surface area contributed by atoms with Gasteiger partial charge in [-0.3, -0.25) is 15.6 Å². The van der Waals surface area contributed by atoms with Crippen LogP contribution in [0.5, 0.6) is 5.75 Å². The van der Waals surface area contributed by atoms with Crippen molar-refractivity contribution in [2.24, 2.45) is 0 Å². The van der Waals surface area contributed by atoms with Crippen LogP contribution in [0.4, 0.5) is 27.6 Å². The van der Waals surface area contributed by atoms with Gasteiger partial charge in [0.2, 0.25) is 5.82 Å². The van der Waals surface area contributed by atoms with E-state index < -0.39 is 40.7 Å². The lowest BCUT2D eigenvalue weighted by atomic mass is 10.2. The highest BCUT2D eigenvalue weighted by molar-refractivity contribution is 6.31. The lowest BCUT2D eigenvalue weighted by Gasteiger charge is -2.14. The van der Waals surface area contributed by atoms with Crippen LogP contribution in [0, 0.1) is 29.1 Å². The Labute approximate surface area is 172 Å². The Morgan fingerprint density at radius 1 is 0.833 bits per heavy atom. The lowest BCUT2D eigenvalue weighted by Crippen LogP contribution is -2.31. The van der Waals surface area contributed by atoms with Crippen LogP contribution in [-0.4, -0.2) is 5.91 Å². The number of anilines is 1. The van der Waals surface area contributed by atoms with Gasteiger partial charge in [-0.15, -0.1) is 0 Å². The number of hydrogen-bond acceptors (Lipinski definition) is 3. The fourth-order valence-electron chi connectivity index (χ4n) is 2.45. The molecule has 30 heavy (non-hydrogen) atoms. The van der Waals surface area contributed by atoms with Crippen molar-refractivity contribution in [2.75, 3.05) is 5.43 Å². The van der Waals surface area contributed by atoms with Crippen molar-refractivity contribution in [3.05, 3.63) is 93.8 Å². The van der Waals surface area contributed by atoms with Crippen molar-refractivity contribution in [1.29, 1.82) is 0 Å². The lowest BCUT2D eigenvalue weighted by molar-refractivity contribution is 0.0958. The number of carbonyl (C=O) groups excluding carboxylic acids is 1. The molecule has 0 bridgehead atoms. The van der Waals surface area contributed by atoms with E-state index in [9.17, 15) is 26.7 Å². The van der Waals surface area contributed by atoms with Gasteiger partial charge in [0.25, 0.3) is 5.91 Å². The van der Waals surface area contributed by atoms with Gasteiger partial charge in [-0.25, -0.2) is 22.0 Å². The number of benzene rings is 3. The van der Waals surface area contributed by atoms with Crippen molar-refractivity contribution >= 4 is 23.2 Å². The molecule has 3 rings (SSSR count). The molecular formula is C20H12ClF5N2O2. The van der Waals surface area contributed by atoms with Crippen LogP contribution < -0.4 is 15.6 Å². The third-order valence-electron chi connectivity index (χ3n) is 3.98. The number of rotatable bonds is 6. The summed E-state index contributed by atoms with van der Waals surface area (Å²) in [5.74, 6) is -11.7. The molecule has 1 amide bonds. The van der Waals surface area contributed by atoms with Gasteiger partial charge in [0.1, 0.15) is 18.0 Å². The number of para-hydroxylation sites is 1. The maximum atomic E-state index is 13.7. The Hall–Kier alpha value is -3.33. The molecule has 10 heteroatoms. The summed E-state index contributed by atoms with van der Waals surface area (Å²) >= 11 is 6.05. The summed E-state index contributed by atoms with van der Waals surface area (Å²) in [4.78, 5) is 12.4. The second kappa shape index (κ2) is 9.00. The SMILES string of the molecule is O=C(NNc1c(F)c(F)c(F)c(F)c1F)c1ccccc1OCc1ccccc1Cl. The molecule has 0 aliphatic carbocycles. The quantitative estimate of drug-likeness (QED) is 0.233. The van der Waals surface area contributed by atoms with Gasteiger partial charge in [-0.05, 0) is 18.2 Å². The smallest absolute Gasteiger partial charge is 0.273 e. The molecule has 0 heterocycles. The maximum absolute atomic E-state index is 13.7. The molecule has 156 valence electrons. The second-order valence-corrected chi connectivity index (χ2v) is 6.31. The van der Waals surface area contributed by atoms with E-state index in [2.05, 4.69) is 0 Å². The molecule has 0 unspecified atom stereocenters. The highest BCUT2D eigenvalue weighted by atomic mass is 35.5. The minimum Gasteiger partial charge on any atom is -0.488 e. The van der Waals surface area contributed by atoms with Gasteiger partial charge in [-0.1, -0.05) is 41.9 Å². The van der Waals surface area contributed by atoms with E-state index in [1.165, 1.54) is 18.2 Å². The highest BCUT2D eigenvalue weighted by Crippen LogP contribution is 2.27. The fraction of sp³-hybridized carbons (Fsp3) is 0.0500. The van der Waals surface area contributed by atoms with Gasteiger partial charge in [0.05, 0.1) is 5.56 Å². The number of ether oxygens (including phenoxy) is 1. The summed E-state index contributed by atoms with van der Waals surface area (Å²) in [6.45, 7) is 0.0229. The Balaban J connectivity index is 1.77. The Morgan fingerprint density at radius 3 is 2.07 bits per heavy atom. The molecule has 4 nitrogen and oxygen atoms in total. The van der Waals surface area contributed by atoms with Crippen LogP contribution in [0.1, 0.15) is 15.9 Å². The minimum atomic E-state index is -2.31. The predicted octanol–water partition coefficient (Wildman–Crippen LogP) is 5.37. The van der Waals surface area contributed by atoms with Crippen molar-refractivity contribution in [1.82, 2.24) is 5.43 Å². The molecule has 3 aromatic rings. The molecular weight excluding hydrogens is 431 g/mol. The first-order valence-corrected chi connectivity index (χ1v) is 8.72. The van der Waals surface area contributed by atoms with E-state index in [0.29, 0.717) is 10.6 Å². The van der Waals surface area contributed by atoms with Crippen LogP contribution in [0.15, 0.2) is 48.5 Å². The predicted molar refractivity (Wildman–Crippen MR) is 99.5 cm³/mol. The van der Waals surface area contributed by atoms with E-state index in [-0.39, 0.29) is 17.9 Å². The molecule has 0 saturated carbocycles. The summed E-state index contributed by atoms with van der Waals surface area (Å²) in [6.07, 6.45) is 0. The van der Waals surface area contributed by atoms with Crippen molar-refractivity contribution in [2.45, 2.75) is 6.61 Å². The van der Waals surface area contributed by atoms with Crippen molar-refractivity contribution < 1.29 is 31.5 Å². The number of nitrogens with one attached hydrogen (secondary N) is 2. The summed E-state index contributed by atoms with van der Waals surface area (Å²) in [5.41, 5.74) is 2.81. The van der Waals surface area contributed by atoms with Gasteiger partial charge in [-0.2, -0.15) is 0 Å². The zero-order chi connectivity index (χ0) is 21.8. The Bertz CT molecular complexity index is 1080. The molecule has 0 radical (unpaired) electrons. The van der Waals surface area contributed by atoms with Gasteiger partial charge < -0.3 is 4.74 Å². The summed E-state index contributed by atoms with van der Waals surface area (Å²) in [5, 5.41) is 0.451.